The van der Waals surface area contributed by atoms with Gasteiger partial charge in [-0.1, -0.05) is 6.07 Å². The van der Waals surface area contributed by atoms with Crippen LogP contribution in [0.15, 0.2) is 18.2 Å². The summed E-state index contributed by atoms with van der Waals surface area (Å²) in [5.41, 5.74) is 0.389. The number of amides is 1. The second-order valence-corrected chi connectivity index (χ2v) is 4.37. The van der Waals surface area contributed by atoms with Gasteiger partial charge in [-0.2, -0.15) is 0 Å². The third-order valence-corrected chi connectivity index (χ3v) is 3.09. The van der Waals surface area contributed by atoms with Crippen molar-refractivity contribution < 1.29 is 13.6 Å². The summed E-state index contributed by atoms with van der Waals surface area (Å²) in [4.78, 5) is 13.6. The molecule has 1 amide bonds. The average molecular weight is 254 g/mol. The number of piperazine rings is 1. The lowest BCUT2D eigenvalue weighted by Gasteiger charge is -2.27. The Morgan fingerprint density at radius 1 is 1.28 bits per heavy atom. The number of aryl methyl sites for hydroxylation is 1. The first kappa shape index (κ1) is 13.0. The maximum absolute atomic E-state index is 13.4. The molecule has 3 nitrogen and oxygen atoms in total. The Hall–Kier alpha value is -1.49. The molecule has 0 bridgehead atoms. The fourth-order valence-electron chi connectivity index (χ4n) is 2.04. The highest BCUT2D eigenvalue weighted by Crippen LogP contribution is 2.12. The molecule has 1 heterocycles. The second kappa shape index (κ2) is 5.91. The largest absolute Gasteiger partial charge is 0.340 e. The molecule has 0 spiro atoms. The van der Waals surface area contributed by atoms with Crippen LogP contribution in [0.1, 0.15) is 12.0 Å². The number of rotatable bonds is 3. The zero-order chi connectivity index (χ0) is 13.0. The minimum atomic E-state index is -0.593. The summed E-state index contributed by atoms with van der Waals surface area (Å²) in [5.74, 6) is -1.15. The van der Waals surface area contributed by atoms with Crippen LogP contribution in [0.4, 0.5) is 8.78 Å². The molecule has 5 heteroatoms. The molecule has 1 saturated heterocycles. The molecule has 1 N–H and O–H groups in total. The van der Waals surface area contributed by atoms with E-state index in [9.17, 15) is 13.6 Å². The van der Waals surface area contributed by atoms with Gasteiger partial charge in [0.15, 0.2) is 0 Å². The van der Waals surface area contributed by atoms with Crippen molar-refractivity contribution in [1.29, 1.82) is 0 Å². The Morgan fingerprint density at radius 3 is 2.67 bits per heavy atom. The van der Waals surface area contributed by atoms with Crippen LogP contribution in [-0.2, 0) is 11.2 Å². The van der Waals surface area contributed by atoms with Gasteiger partial charge in [0.2, 0.25) is 5.91 Å². The summed E-state index contributed by atoms with van der Waals surface area (Å²) >= 11 is 0. The van der Waals surface area contributed by atoms with Crippen LogP contribution in [0, 0.1) is 11.6 Å². The topological polar surface area (TPSA) is 32.3 Å². The van der Waals surface area contributed by atoms with E-state index in [4.69, 9.17) is 0 Å². The van der Waals surface area contributed by atoms with E-state index in [0.717, 1.165) is 19.2 Å². The van der Waals surface area contributed by atoms with Crippen molar-refractivity contribution in [2.75, 3.05) is 26.2 Å². The number of nitrogens with one attached hydrogen (secondary N) is 1. The quantitative estimate of drug-likeness (QED) is 0.882. The van der Waals surface area contributed by atoms with Gasteiger partial charge in [0.05, 0.1) is 0 Å². The van der Waals surface area contributed by atoms with Crippen LogP contribution in [-0.4, -0.2) is 37.0 Å². The van der Waals surface area contributed by atoms with Crippen LogP contribution in [0.2, 0.25) is 0 Å². The van der Waals surface area contributed by atoms with E-state index in [0.29, 0.717) is 25.1 Å². The van der Waals surface area contributed by atoms with Crippen LogP contribution < -0.4 is 5.32 Å². The Labute approximate surface area is 105 Å². The van der Waals surface area contributed by atoms with E-state index in [1.165, 1.54) is 12.1 Å². The van der Waals surface area contributed by atoms with E-state index in [2.05, 4.69) is 5.32 Å². The number of carbonyl (C=O) groups excluding carboxylic acids is 1. The van der Waals surface area contributed by atoms with Crippen molar-refractivity contribution in [2.45, 2.75) is 12.8 Å². The lowest BCUT2D eigenvalue weighted by Crippen LogP contribution is -2.46. The minimum absolute atomic E-state index is 0.0280. The van der Waals surface area contributed by atoms with E-state index in [1.54, 1.807) is 4.90 Å². The number of carbonyl (C=O) groups is 1. The van der Waals surface area contributed by atoms with Crippen LogP contribution >= 0.6 is 0 Å². The van der Waals surface area contributed by atoms with E-state index >= 15 is 0 Å². The van der Waals surface area contributed by atoms with Gasteiger partial charge in [0, 0.05) is 38.7 Å². The van der Waals surface area contributed by atoms with Crippen molar-refractivity contribution in [3.63, 3.8) is 0 Å². The van der Waals surface area contributed by atoms with Gasteiger partial charge in [0.25, 0.3) is 0 Å². The van der Waals surface area contributed by atoms with E-state index < -0.39 is 11.6 Å². The SMILES string of the molecule is O=C(CCc1ccc(F)cc1F)N1CCNCC1. The number of benzene rings is 1. The van der Waals surface area contributed by atoms with Gasteiger partial charge in [-0.15, -0.1) is 0 Å². The number of hydrogen-bond donors (Lipinski definition) is 1. The normalized spacial score (nSPS) is 15.8. The standard InChI is InChI=1S/C13H16F2N2O/c14-11-3-1-10(12(15)9-11)2-4-13(18)17-7-5-16-6-8-17/h1,3,9,16H,2,4-8H2. The molecule has 0 unspecified atom stereocenters. The van der Waals surface area contributed by atoms with E-state index in [-0.39, 0.29) is 12.3 Å². The first-order chi connectivity index (χ1) is 8.66. The molecule has 0 radical (unpaired) electrons. The summed E-state index contributed by atoms with van der Waals surface area (Å²) in [6.45, 7) is 3.00. The molecule has 0 aromatic heterocycles. The highest BCUT2D eigenvalue weighted by Gasteiger charge is 2.16. The molecule has 18 heavy (non-hydrogen) atoms. The molecular weight excluding hydrogens is 238 g/mol. The molecule has 0 aliphatic carbocycles. The summed E-state index contributed by atoms with van der Waals surface area (Å²) in [6, 6.07) is 3.47. The summed E-state index contributed by atoms with van der Waals surface area (Å²) in [7, 11) is 0. The zero-order valence-electron chi connectivity index (χ0n) is 10.1. The summed E-state index contributed by atoms with van der Waals surface area (Å²) < 4.78 is 26.1. The highest BCUT2D eigenvalue weighted by atomic mass is 19.1. The van der Waals surface area contributed by atoms with Gasteiger partial charge < -0.3 is 10.2 Å². The monoisotopic (exact) mass is 254 g/mol. The lowest BCUT2D eigenvalue weighted by atomic mass is 10.1. The maximum Gasteiger partial charge on any atom is 0.222 e. The van der Waals surface area contributed by atoms with Crippen LogP contribution in [0.5, 0.6) is 0 Å². The van der Waals surface area contributed by atoms with Crippen molar-refractivity contribution in [2.24, 2.45) is 0 Å². The van der Waals surface area contributed by atoms with Gasteiger partial charge in [-0.3, -0.25) is 4.79 Å². The molecule has 1 aliphatic heterocycles. The summed E-state index contributed by atoms with van der Waals surface area (Å²) in [5, 5.41) is 3.16. The van der Waals surface area contributed by atoms with Crippen LogP contribution in [0.25, 0.3) is 0 Å². The first-order valence-corrected chi connectivity index (χ1v) is 6.09. The molecule has 2 rings (SSSR count). The molecule has 1 fully saturated rings. The molecular formula is C13H16F2N2O. The Bertz CT molecular complexity index is 431. The van der Waals surface area contributed by atoms with Gasteiger partial charge in [-0.05, 0) is 18.1 Å². The van der Waals surface area contributed by atoms with Crippen LogP contribution in [0.3, 0.4) is 0 Å². The molecule has 0 atom stereocenters. The highest BCUT2D eigenvalue weighted by molar-refractivity contribution is 5.76. The molecule has 1 aromatic carbocycles. The lowest BCUT2D eigenvalue weighted by molar-refractivity contribution is -0.131. The predicted molar refractivity (Wildman–Crippen MR) is 64.1 cm³/mol. The molecule has 0 saturated carbocycles. The Balaban J connectivity index is 1.88. The number of halogens is 2. The van der Waals surface area contributed by atoms with Crippen molar-refractivity contribution in [3.05, 3.63) is 35.4 Å². The van der Waals surface area contributed by atoms with Crippen molar-refractivity contribution in [1.82, 2.24) is 10.2 Å². The predicted octanol–water partition coefficient (Wildman–Crippen LogP) is 1.33. The van der Waals surface area contributed by atoms with E-state index in [1.807, 2.05) is 0 Å². The van der Waals surface area contributed by atoms with Gasteiger partial charge in [-0.25, -0.2) is 8.78 Å². The minimum Gasteiger partial charge on any atom is -0.340 e. The smallest absolute Gasteiger partial charge is 0.222 e. The fourth-order valence-corrected chi connectivity index (χ4v) is 2.04. The maximum atomic E-state index is 13.4. The Kier molecular flexibility index (Phi) is 4.25. The molecule has 1 aliphatic rings. The van der Waals surface area contributed by atoms with Gasteiger partial charge >= 0.3 is 0 Å². The molecule has 1 aromatic rings. The average Bonchev–Trinajstić information content (AvgIpc) is 2.38. The third kappa shape index (κ3) is 3.26. The first-order valence-electron chi connectivity index (χ1n) is 6.09. The van der Waals surface area contributed by atoms with Crippen molar-refractivity contribution in [3.8, 4) is 0 Å². The number of nitrogens with zero attached hydrogens (tertiary/aromatic N) is 1. The van der Waals surface area contributed by atoms with Crippen molar-refractivity contribution >= 4 is 5.91 Å². The Morgan fingerprint density at radius 2 is 2.00 bits per heavy atom. The number of hydrogen-bond acceptors (Lipinski definition) is 2. The zero-order valence-corrected chi connectivity index (χ0v) is 10.1. The van der Waals surface area contributed by atoms with Gasteiger partial charge in [0.1, 0.15) is 11.6 Å². The molecule has 98 valence electrons. The fraction of sp³-hybridized carbons (Fsp3) is 0.462. The second-order valence-electron chi connectivity index (χ2n) is 4.37. The summed E-state index contributed by atoms with van der Waals surface area (Å²) in [6.07, 6.45) is 0.581. The third-order valence-electron chi connectivity index (χ3n) is 3.09.